The molecule has 2 rings (SSSR count). The summed E-state index contributed by atoms with van der Waals surface area (Å²) in [5.41, 5.74) is 0.841. The molecule has 0 atom stereocenters. The average molecular weight is 262 g/mol. The first kappa shape index (κ1) is 13.2. The van der Waals surface area contributed by atoms with Crippen molar-refractivity contribution >= 4 is 5.97 Å². The van der Waals surface area contributed by atoms with E-state index in [0.29, 0.717) is 0 Å². The SMILES string of the molecule is O=C(Cc1ccccc1)OCc1cccc(F)c1F. The van der Waals surface area contributed by atoms with Crippen LogP contribution < -0.4 is 0 Å². The molecule has 0 radical (unpaired) electrons. The molecule has 0 spiro atoms. The topological polar surface area (TPSA) is 26.3 Å². The molecule has 98 valence electrons. The molecule has 0 aliphatic rings. The maximum absolute atomic E-state index is 13.3. The van der Waals surface area contributed by atoms with Crippen LogP contribution in [-0.4, -0.2) is 5.97 Å². The van der Waals surface area contributed by atoms with Gasteiger partial charge < -0.3 is 4.74 Å². The van der Waals surface area contributed by atoms with Crippen LogP contribution in [0.15, 0.2) is 48.5 Å². The summed E-state index contributed by atoms with van der Waals surface area (Å²) < 4.78 is 31.2. The quantitative estimate of drug-likeness (QED) is 0.791. The first-order valence-electron chi connectivity index (χ1n) is 5.79. The summed E-state index contributed by atoms with van der Waals surface area (Å²) in [6.07, 6.45) is 0.109. The van der Waals surface area contributed by atoms with Crippen molar-refractivity contribution in [2.24, 2.45) is 0 Å². The van der Waals surface area contributed by atoms with Crippen molar-refractivity contribution < 1.29 is 18.3 Å². The van der Waals surface area contributed by atoms with Gasteiger partial charge in [-0.15, -0.1) is 0 Å². The molecule has 0 saturated heterocycles. The summed E-state index contributed by atoms with van der Waals surface area (Å²) in [6, 6.07) is 12.8. The number of carbonyl (C=O) groups is 1. The summed E-state index contributed by atoms with van der Waals surface area (Å²) in [5.74, 6) is -2.40. The molecule has 0 aliphatic carbocycles. The molecule has 2 nitrogen and oxygen atoms in total. The Morgan fingerprint density at radius 1 is 1.00 bits per heavy atom. The summed E-state index contributed by atoms with van der Waals surface area (Å²) >= 11 is 0. The van der Waals surface area contributed by atoms with Gasteiger partial charge in [-0.1, -0.05) is 42.5 Å². The largest absolute Gasteiger partial charge is 0.460 e. The van der Waals surface area contributed by atoms with Gasteiger partial charge in [-0.2, -0.15) is 0 Å². The first-order valence-corrected chi connectivity index (χ1v) is 5.79. The molecule has 0 amide bonds. The van der Waals surface area contributed by atoms with Crippen LogP contribution in [0.3, 0.4) is 0 Å². The zero-order chi connectivity index (χ0) is 13.7. The highest BCUT2D eigenvalue weighted by molar-refractivity contribution is 5.72. The summed E-state index contributed by atoms with van der Waals surface area (Å²) in [7, 11) is 0. The van der Waals surface area contributed by atoms with Crippen molar-refractivity contribution in [2.45, 2.75) is 13.0 Å². The molecule has 0 heterocycles. The van der Waals surface area contributed by atoms with E-state index in [2.05, 4.69) is 0 Å². The molecular formula is C15H12F2O2. The Morgan fingerprint density at radius 2 is 1.74 bits per heavy atom. The Kier molecular flexibility index (Phi) is 4.23. The summed E-state index contributed by atoms with van der Waals surface area (Å²) in [5, 5.41) is 0. The van der Waals surface area contributed by atoms with Crippen LogP contribution in [0.2, 0.25) is 0 Å². The predicted molar refractivity (Wildman–Crippen MR) is 66.3 cm³/mol. The van der Waals surface area contributed by atoms with E-state index >= 15 is 0 Å². The fraction of sp³-hybridized carbons (Fsp3) is 0.133. The number of ether oxygens (including phenoxy) is 1. The maximum atomic E-state index is 13.3. The predicted octanol–water partition coefficient (Wildman–Crippen LogP) is 3.25. The standard InChI is InChI=1S/C15H12F2O2/c16-13-8-4-7-12(15(13)17)10-19-14(18)9-11-5-2-1-3-6-11/h1-8H,9-10H2. The van der Waals surface area contributed by atoms with Crippen molar-refractivity contribution in [3.8, 4) is 0 Å². The monoisotopic (exact) mass is 262 g/mol. The van der Waals surface area contributed by atoms with Crippen LogP contribution in [0.4, 0.5) is 8.78 Å². The number of hydrogen-bond acceptors (Lipinski definition) is 2. The van der Waals surface area contributed by atoms with Gasteiger partial charge in [0.2, 0.25) is 0 Å². The lowest BCUT2D eigenvalue weighted by Crippen LogP contribution is -2.09. The van der Waals surface area contributed by atoms with Gasteiger partial charge >= 0.3 is 5.97 Å². The third-order valence-corrected chi connectivity index (χ3v) is 2.61. The van der Waals surface area contributed by atoms with Crippen LogP contribution in [0.1, 0.15) is 11.1 Å². The van der Waals surface area contributed by atoms with Gasteiger partial charge in [0, 0.05) is 5.56 Å². The Morgan fingerprint density at radius 3 is 2.47 bits per heavy atom. The van der Waals surface area contributed by atoms with Gasteiger partial charge in [-0.05, 0) is 11.6 Å². The van der Waals surface area contributed by atoms with E-state index in [1.54, 1.807) is 12.1 Å². The van der Waals surface area contributed by atoms with Crippen LogP contribution >= 0.6 is 0 Å². The third-order valence-electron chi connectivity index (χ3n) is 2.61. The molecule has 2 aromatic carbocycles. The summed E-state index contributed by atoms with van der Waals surface area (Å²) in [6.45, 7) is -0.269. The highest BCUT2D eigenvalue weighted by atomic mass is 19.2. The van der Waals surface area contributed by atoms with Gasteiger partial charge in [0.15, 0.2) is 11.6 Å². The Bertz CT molecular complexity index is 568. The van der Waals surface area contributed by atoms with Crippen molar-refractivity contribution in [3.63, 3.8) is 0 Å². The Hall–Kier alpha value is -2.23. The number of hydrogen-bond donors (Lipinski definition) is 0. The second-order valence-electron chi connectivity index (χ2n) is 4.04. The normalized spacial score (nSPS) is 10.2. The fourth-order valence-electron chi connectivity index (χ4n) is 1.63. The van der Waals surface area contributed by atoms with E-state index in [9.17, 15) is 13.6 Å². The number of rotatable bonds is 4. The van der Waals surface area contributed by atoms with Crippen molar-refractivity contribution in [1.29, 1.82) is 0 Å². The third kappa shape index (κ3) is 3.61. The van der Waals surface area contributed by atoms with Gasteiger partial charge in [0.25, 0.3) is 0 Å². The van der Waals surface area contributed by atoms with Gasteiger partial charge in [0.1, 0.15) is 6.61 Å². The highest BCUT2D eigenvalue weighted by Gasteiger charge is 2.10. The molecule has 0 saturated carbocycles. The van der Waals surface area contributed by atoms with Crippen molar-refractivity contribution in [3.05, 3.63) is 71.3 Å². The van der Waals surface area contributed by atoms with Gasteiger partial charge in [0.05, 0.1) is 6.42 Å². The molecule has 4 heteroatoms. The lowest BCUT2D eigenvalue weighted by molar-refractivity contribution is -0.144. The Labute approximate surface area is 109 Å². The molecule has 2 aromatic rings. The van der Waals surface area contributed by atoms with E-state index in [-0.39, 0.29) is 18.6 Å². The van der Waals surface area contributed by atoms with Crippen LogP contribution in [-0.2, 0) is 22.6 Å². The van der Waals surface area contributed by atoms with Crippen LogP contribution in [0, 0.1) is 11.6 Å². The molecule has 0 bridgehead atoms. The van der Waals surface area contributed by atoms with E-state index in [0.717, 1.165) is 11.6 Å². The van der Waals surface area contributed by atoms with E-state index in [1.807, 2.05) is 18.2 Å². The molecular weight excluding hydrogens is 250 g/mol. The van der Waals surface area contributed by atoms with Gasteiger partial charge in [-0.25, -0.2) is 8.78 Å². The fourth-order valence-corrected chi connectivity index (χ4v) is 1.63. The second kappa shape index (κ2) is 6.09. The molecule has 0 fully saturated rings. The highest BCUT2D eigenvalue weighted by Crippen LogP contribution is 2.12. The molecule has 19 heavy (non-hydrogen) atoms. The van der Waals surface area contributed by atoms with Crippen molar-refractivity contribution in [1.82, 2.24) is 0 Å². The van der Waals surface area contributed by atoms with Crippen molar-refractivity contribution in [2.75, 3.05) is 0 Å². The van der Waals surface area contributed by atoms with Gasteiger partial charge in [-0.3, -0.25) is 4.79 Å². The number of halogens is 2. The van der Waals surface area contributed by atoms with E-state index in [1.165, 1.54) is 12.1 Å². The average Bonchev–Trinajstić information content (AvgIpc) is 2.42. The van der Waals surface area contributed by atoms with E-state index in [4.69, 9.17) is 4.74 Å². The zero-order valence-corrected chi connectivity index (χ0v) is 10.1. The molecule has 0 unspecified atom stereocenters. The molecule has 0 N–H and O–H groups in total. The lowest BCUT2D eigenvalue weighted by Gasteiger charge is -2.06. The summed E-state index contributed by atoms with van der Waals surface area (Å²) in [4.78, 5) is 11.5. The maximum Gasteiger partial charge on any atom is 0.310 e. The van der Waals surface area contributed by atoms with Crippen LogP contribution in [0.5, 0.6) is 0 Å². The molecule has 0 aromatic heterocycles. The number of esters is 1. The zero-order valence-electron chi connectivity index (χ0n) is 10.1. The minimum Gasteiger partial charge on any atom is -0.460 e. The minimum absolute atomic E-state index is 0.0291. The lowest BCUT2D eigenvalue weighted by atomic mass is 10.1. The Balaban J connectivity index is 1.92. The smallest absolute Gasteiger partial charge is 0.310 e. The number of benzene rings is 2. The second-order valence-corrected chi connectivity index (χ2v) is 4.04. The van der Waals surface area contributed by atoms with Crippen LogP contribution in [0.25, 0.3) is 0 Å². The number of carbonyl (C=O) groups excluding carboxylic acids is 1. The first-order chi connectivity index (χ1) is 9.16. The minimum atomic E-state index is -0.977. The molecule has 0 aliphatic heterocycles. The van der Waals surface area contributed by atoms with E-state index < -0.39 is 17.6 Å².